The van der Waals surface area contributed by atoms with Crippen molar-refractivity contribution in [1.82, 2.24) is 5.32 Å². The van der Waals surface area contributed by atoms with Crippen LogP contribution in [0, 0.1) is 0 Å². The predicted molar refractivity (Wildman–Crippen MR) is 33.4 cm³/mol. The van der Waals surface area contributed by atoms with Gasteiger partial charge in [0.2, 0.25) is 0 Å². The molecular weight excluding hydrogens is 158 g/mol. The fourth-order valence-electron chi connectivity index (χ4n) is 0.664. The number of hydrogen-bond acceptors (Lipinski definition) is 5. The minimum atomic E-state index is -3.68. The van der Waals surface area contributed by atoms with Gasteiger partial charge in [-0.1, -0.05) is 6.92 Å². The van der Waals surface area contributed by atoms with Gasteiger partial charge in [-0.3, -0.25) is 5.32 Å². The molecule has 1 rings (SSSR count). The van der Waals surface area contributed by atoms with Gasteiger partial charge >= 0.3 is 10.4 Å². The van der Waals surface area contributed by atoms with E-state index in [1.54, 1.807) is 0 Å². The summed E-state index contributed by atoms with van der Waals surface area (Å²) in [7, 11) is -3.68. The minimum Gasteiger partial charge on any atom is -0.289 e. The molecule has 10 heavy (non-hydrogen) atoms. The summed E-state index contributed by atoms with van der Waals surface area (Å²) in [6.45, 7) is 2.58. The normalized spacial score (nSPS) is 30.7. The number of likely N-dealkylation sites (N-methyl/N-ethyl adjacent to an activating group) is 1. The molecule has 1 aliphatic rings. The van der Waals surface area contributed by atoms with E-state index in [1.165, 1.54) is 0 Å². The van der Waals surface area contributed by atoms with E-state index in [2.05, 4.69) is 13.7 Å². The van der Waals surface area contributed by atoms with Crippen LogP contribution in [0.5, 0.6) is 0 Å². The molecular formula is C4H9NO4S. The van der Waals surface area contributed by atoms with E-state index in [-0.39, 0.29) is 6.61 Å². The van der Waals surface area contributed by atoms with Crippen LogP contribution in [0.3, 0.4) is 0 Å². The summed E-state index contributed by atoms with van der Waals surface area (Å²) in [5.41, 5.74) is 0. The third-order valence-corrected chi connectivity index (χ3v) is 1.92. The monoisotopic (exact) mass is 167 g/mol. The van der Waals surface area contributed by atoms with E-state index in [0.29, 0.717) is 6.54 Å². The maximum atomic E-state index is 10.4. The first kappa shape index (κ1) is 7.93. The molecule has 1 heterocycles. The second-order valence-electron chi connectivity index (χ2n) is 1.84. The van der Waals surface area contributed by atoms with E-state index in [4.69, 9.17) is 0 Å². The first-order valence-corrected chi connectivity index (χ1v) is 4.28. The molecule has 1 aliphatic heterocycles. The van der Waals surface area contributed by atoms with Gasteiger partial charge in [-0.2, -0.15) is 8.42 Å². The van der Waals surface area contributed by atoms with E-state index in [1.807, 2.05) is 6.92 Å². The Morgan fingerprint density at radius 3 is 2.80 bits per heavy atom. The molecule has 6 heteroatoms. The second-order valence-corrected chi connectivity index (χ2v) is 3.08. The number of hydrogen-bond donors (Lipinski definition) is 1. The van der Waals surface area contributed by atoms with Crippen LogP contribution >= 0.6 is 0 Å². The first-order valence-electron chi connectivity index (χ1n) is 2.95. The molecule has 0 radical (unpaired) electrons. The van der Waals surface area contributed by atoms with Crippen molar-refractivity contribution in [3.8, 4) is 0 Å². The van der Waals surface area contributed by atoms with Crippen molar-refractivity contribution in [3.05, 3.63) is 0 Å². The first-order chi connectivity index (χ1) is 4.64. The summed E-state index contributed by atoms with van der Waals surface area (Å²) in [4.78, 5) is 0. The molecule has 0 aromatic rings. The SMILES string of the molecule is CCNC1COS(=O)(=O)O1. The Hall–Kier alpha value is -0.170. The lowest BCUT2D eigenvalue weighted by Gasteiger charge is -2.03. The molecule has 1 unspecified atom stereocenters. The molecule has 1 N–H and O–H groups in total. The summed E-state index contributed by atoms with van der Waals surface area (Å²) < 4.78 is 29.6. The van der Waals surface area contributed by atoms with E-state index >= 15 is 0 Å². The third-order valence-electron chi connectivity index (χ3n) is 1.03. The smallest absolute Gasteiger partial charge is 0.289 e. The lowest BCUT2D eigenvalue weighted by molar-refractivity contribution is 0.196. The number of rotatable bonds is 2. The number of nitrogens with one attached hydrogen (secondary N) is 1. The van der Waals surface area contributed by atoms with Crippen LogP contribution < -0.4 is 5.32 Å². The van der Waals surface area contributed by atoms with Crippen molar-refractivity contribution >= 4 is 10.4 Å². The Labute approximate surface area is 59.6 Å². The Balaban J connectivity index is 2.44. The highest BCUT2D eigenvalue weighted by Crippen LogP contribution is 2.09. The van der Waals surface area contributed by atoms with Crippen molar-refractivity contribution in [2.45, 2.75) is 13.2 Å². The highest BCUT2D eigenvalue weighted by Gasteiger charge is 2.28. The van der Waals surface area contributed by atoms with Gasteiger partial charge in [-0.15, -0.1) is 0 Å². The highest BCUT2D eigenvalue weighted by molar-refractivity contribution is 7.82. The molecule has 0 aliphatic carbocycles. The largest absolute Gasteiger partial charge is 0.401 e. The van der Waals surface area contributed by atoms with Gasteiger partial charge in [0.25, 0.3) is 0 Å². The Morgan fingerprint density at radius 2 is 2.40 bits per heavy atom. The van der Waals surface area contributed by atoms with Crippen molar-refractivity contribution in [2.75, 3.05) is 13.2 Å². The summed E-state index contributed by atoms with van der Waals surface area (Å²) in [5.74, 6) is 0. The third kappa shape index (κ3) is 1.91. The van der Waals surface area contributed by atoms with Crippen molar-refractivity contribution in [2.24, 2.45) is 0 Å². The van der Waals surface area contributed by atoms with Gasteiger partial charge in [0, 0.05) is 0 Å². The van der Waals surface area contributed by atoms with Gasteiger partial charge in [0.15, 0.2) is 6.23 Å². The van der Waals surface area contributed by atoms with Crippen molar-refractivity contribution in [3.63, 3.8) is 0 Å². The highest BCUT2D eigenvalue weighted by atomic mass is 32.3. The van der Waals surface area contributed by atoms with E-state index < -0.39 is 16.6 Å². The van der Waals surface area contributed by atoms with E-state index in [9.17, 15) is 8.42 Å². The molecule has 0 amide bonds. The summed E-state index contributed by atoms with van der Waals surface area (Å²) in [6, 6.07) is 0. The molecule has 0 saturated carbocycles. The van der Waals surface area contributed by atoms with Gasteiger partial charge < -0.3 is 0 Å². The van der Waals surface area contributed by atoms with E-state index in [0.717, 1.165) is 0 Å². The average Bonchev–Trinajstić information content (AvgIpc) is 2.12. The molecule has 1 fully saturated rings. The van der Waals surface area contributed by atoms with Crippen LogP contribution in [0.4, 0.5) is 0 Å². The average molecular weight is 167 g/mol. The zero-order valence-electron chi connectivity index (χ0n) is 5.53. The van der Waals surface area contributed by atoms with Crippen molar-refractivity contribution in [1.29, 1.82) is 0 Å². The summed E-state index contributed by atoms with van der Waals surface area (Å²) >= 11 is 0. The van der Waals surface area contributed by atoms with Gasteiger partial charge in [-0.05, 0) is 6.54 Å². The van der Waals surface area contributed by atoms with Crippen LogP contribution in [0.25, 0.3) is 0 Å². The van der Waals surface area contributed by atoms with Crippen LogP contribution in [0.15, 0.2) is 0 Å². The standard InChI is InChI=1S/C4H9NO4S/c1-2-5-4-3-8-10(6,7)9-4/h4-5H,2-3H2,1H3. The predicted octanol–water partition coefficient (Wildman–Crippen LogP) is -0.786. The fraction of sp³-hybridized carbons (Fsp3) is 1.00. The summed E-state index contributed by atoms with van der Waals surface area (Å²) in [5, 5.41) is 2.77. The molecule has 0 aromatic heterocycles. The van der Waals surface area contributed by atoms with Gasteiger partial charge in [0.1, 0.15) is 6.61 Å². The topological polar surface area (TPSA) is 64.6 Å². The Morgan fingerprint density at radius 1 is 1.70 bits per heavy atom. The molecule has 0 bridgehead atoms. The Kier molecular flexibility index (Phi) is 2.24. The maximum Gasteiger partial charge on any atom is 0.401 e. The zero-order chi connectivity index (χ0) is 7.61. The van der Waals surface area contributed by atoms with Gasteiger partial charge in [0.05, 0.1) is 0 Å². The van der Waals surface area contributed by atoms with Crippen LogP contribution in [-0.2, 0) is 18.8 Å². The molecule has 1 saturated heterocycles. The van der Waals surface area contributed by atoms with Crippen LogP contribution in [0.1, 0.15) is 6.92 Å². The lowest BCUT2D eigenvalue weighted by Crippen LogP contribution is -2.30. The van der Waals surface area contributed by atoms with Gasteiger partial charge in [-0.25, -0.2) is 8.37 Å². The molecule has 1 atom stereocenters. The Bertz CT molecular complexity index is 199. The zero-order valence-corrected chi connectivity index (χ0v) is 6.35. The maximum absolute atomic E-state index is 10.4. The summed E-state index contributed by atoms with van der Waals surface area (Å²) in [6.07, 6.45) is -0.505. The second kappa shape index (κ2) is 2.83. The molecule has 5 nitrogen and oxygen atoms in total. The van der Waals surface area contributed by atoms with Crippen LogP contribution in [-0.4, -0.2) is 27.8 Å². The van der Waals surface area contributed by atoms with Crippen molar-refractivity contribution < 1.29 is 16.8 Å². The lowest BCUT2D eigenvalue weighted by atomic mass is 10.6. The quantitative estimate of drug-likeness (QED) is 0.584. The minimum absolute atomic E-state index is 0.0656. The molecule has 0 spiro atoms. The molecule has 0 aromatic carbocycles. The van der Waals surface area contributed by atoms with Crippen LogP contribution in [0.2, 0.25) is 0 Å². The molecule has 60 valence electrons. The fourth-order valence-corrected chi connectivity index (χ4v) is 1.42.